The molecule has 0 amide bonds. The van der Waals surface area contributed by atoms with Gasteiger partial charge < -0.3 is 5.11 Å². The summed E-state index contributed by atoms with van der Waals surface area (Å²) in [6, 6.07) is 2.36. The lowest BCUT2D eigenvalue weighted by molar-refractivity contribution is -0.385. The zero-order valence-corrected chi connectivity index (χ0v) is 13.5. The maximum Gasteiger partial charge on any atom is 0.271 e. The van der Waals surface area contributed by atoms with Crippen LogP contribution >= 0.6 is 0 Å². The van der Waals surface area contributed by atoms with E-state index < -0.39 is 26.6 Å². The summed E-state index contributed by atoms with van der Waals surface area (Å²) in [5.74, 6) is 0. The highest BCUT2D eigenvalue weighted by atomic mass is 32.2. The molecular formula is C13H20N2O5S. The average Bonchev–Trinajstić information content (AvgIpc) is 2.30. The minimum absolute atomic E-state index is 0.150. The monoisotopic (exact) mass is 316 g/mol. The van der Waals surface area contributed by atoms with Crippen LogP contribution in [0, 0.1) is 24.0 Å². The van der Waals surface area contributed by atoms with Crippen molar-refractivity contribution in [1.29, 1.82) is 0 Å². The minimum Gasteiger partial charge on any atom is -0.391 e. The second-order valence-corrected chi connectivity index (χ2v) is 7.30. The number of hydrogen-bond donors (Lipinski definition) is 2. The number of hydrogen-bond acceptors (Lipinski definition) is 5. The van der Waals surface area contributed by atoms with Crippen molar-refractivity contribution in [3.05, 3.63) is 33.4 Å². The maximum absolute atomic E-state index is 12.5. The fourth-order valence-electron chi connectivity index (χ4n) is 1.68. The molecule has 1 rings (SSSR count). The van der Waals surface area contributed by atoms with E-state index >= 15 is 0 Å². The van der Waals surface area contributed by atoms with Gasteiger partial charge in [-0.2, -0.15) is 0 Å². The van der Waals surface area contributed by atoms with E-state index in [9.17, 15) is 23.6 Å². The molecule has 0 saturated heterocycles. The summed E-state index contributed by atoms with van der Waals surface area (Å²) in [7, 11) is -3.99. The zero-order valence-electron chi connectivity index (χ0n) is 12.7. The third kappa shape index (κ3) is 3.78. The van der Waals surface area contributed by atoms with Crippen molar-refractivity contribution in [2.75, 3.05) is 0 Å². The molecule has 1 aromatic carbocycles. The van der Waals surface area contributed by atoms with Gasteiger partial charge in [-0.15, -0.1) is 0 Å². The minimum atomic E-state index is -3.99. The number of nitro groups is 1. The number of nitro benzene ring substituents is 1. The molecule has 21 heavy (non-hydrogen) atoms. The molecule has 0 saturated carbocycles. The normalized spacial score (nSPS) is 14.0. The molecule has 0 spiro atoms. The van der Waals surface area contributed by atoms with Gasteiger partial charge in [-0.3, -0.25) is 10.1 Å². The largest absolute Gasteiger partial charge is 0.391 e. The molecule has 1 unspecified atom stereocenters. The first kappa shape index (κ1) is 17.5. The summed E-state index contributed by atoms with van der Waals surface area (Å²) in [6.07, 6.45) is -0.924. The highest BCUT2D eigenvalue weighted by Crippen LogP contribution is 2.26. The third-order valence-corrected chi connectivity index (χ3v) is 5.34. The van der Waals surface area contributed by atoms with Gasteiger partial charge >= 0.3 is 0 Å². The van der Waals surface area contributed by atoms with Crippen LogP contribution in [0.3, 0.4) is 0 Å². The molecule has 0 aromatic heterocycles. The van der Waals surface area contributed by atoms with Gasteiger partial charge in [-0.25, -0.2) is 13.1 Å². The number of benzene rings is 1. The average molecular weight is 316 g/mol. The van der Waals surface area contributed by atoms with Crippen LogP contribution in [0.5, 0.6) is 0 Å². The van der Waals surface area contributed by atoms with E-state index in [0.717, 1.165) is 6.07 Å². The van der Waals surface area contributed by atoms with Crippen LogP contribution in [0.2, 0.25) is 0 Å². The highest BCUT2D eigenvalue weighted by Gasteiger charge is 2.32. The molecule has 8 heteroatoms. The van der Waals surface area contributed by atoms with Crippen LogP contribution in [0.25, 0.3) is 0 Å². The summed E-state index contributed by atoms with van der Waals surface area (Å²) in [5, 5.41) is 20.5. The summed E-state index contributed by atoms with van der Waals surface area (Å²) in [5.41, 5.74) is -0.425. The Kier molecular flexibility index (Phi) is 4.76. The molecule has 0 radical (unpaired) electrons. The standard InChI is InChI=1S/C13H20N2O5S/c1-8-6-11(15(17)18)7-12(9(8)2)21(19,20)14-13(4,5)10(3)16/h6-7,10,14,16H,1-5H3. The molecule has 0 fully saturated rings. The molecule has 0 heterocycles. The van der Waals surface area contributed by atoms with Gasteiger partial charge in [0.1, 0.15) is 0 Å². The van der Waals surface area contributed by atoms with Gasteiger partial charge in [0.2, 0.25) is 10.0 Å². The van der Waals surface area contributed by atoms with E-state index in [0.29, 0.717) is 11.1 Å². The Morgan fingerprint density at radius 1 is 1.33 bits per heavy atom. The highest BCUT2D eigenvalue weighted by molar-refractivity contribution is 7.89. The van der Waals surface area contributed by atoms with Crippen LogP contribution in [0.1, 0.15) is 31.9 Å². The molecule has 0 aliphatic carbocycles. The van der Waals surface area contributed by atoms with E-state index in [4.69, 9.17) is 0 Å². The molecule has 0 aliphatic heterocycles. The number of nitrogens with one attached hydrogen (secondary N) is 1. The topological polar surface area (TPSA) is 110 Å². The van der Waals surface area contributed by atoms with E-state index in [2.05, 4.69) is 4.72 Å². The number of non-ortho nitro benzene ring substituents is 1. The van der Waals surface area contributed by atoms with Crippen molar-refractivity contribution in [2.45, 2.75) is 51.2 Å². The molecule has 118 valence electrons. The summed E-state index contributed by atoms with van der Waals surface area (Å²) in [4.78, 5) is 10.1. The number of nitrogens with zero attached hydrogens (tertiary/aromatic N) is 1. The van der Waals surface area contributed by atoms with Crippen molar-refractivity contribution in [3.8, 4) is 0 Å². The SMILES string of the molecule is Cc1cc([N+](=O)[O-])cc(S(=O)(=O)NC(C)(C)C(C)O)c1C. The number of aliphatic hydroxyl groups is 1. The van der Waals surface area contributed by atoms with Crippen LogP contribution in [0.15, 0.2) is 17.0 Å². The van der Waals surface area contributed by atoms with Gasteiger partial charge in [0, 0.05) is 12.1 Å². The van der Waals surface area contributed by atoms with Crippen LogP contribution in [-0.2, 0) is 10.0 Å². The Morgan fingerprint density at radius 3 is 2.29 bits per heavy atom. The third-order valence-electron chi connectivity index (χ3n) is 3.55. The van der Waals surface area contributed by atoms with Gasteiger partial charge in [0.15, 0.2) is 0 Å². The Morgan fingerprint density at radius 2 is 1.86 bits per heavy atom. The molecule has 2 N–H and O–H groups in total. The Hall–Kier alpha value is -1.51. The number of aliphatic hydroxyl groups excluding tert-OH is 1. The number of rotatable bonds is 5. The van der Waals surface area contributed by atoms with Gasteiger partial charge in [-0.1, -0.05) is 0 Å². The molecule has 7 nitrogen and oxygen atoms in total. The Labute approximate surface area is 124 Å². The summed E-state index contributed by atoms with van der Waals surface area (Å²) >= 11 is 0. The summed E-state index contributed by atoms with van der Waals surface area (Å²) < 4.78 is 27.3. The van der Waals surface area contributed by atoms with Crippen molar-refractivity contribution >= 4 is 15.7 Å². The van der Waals surface area contributed by atoms with E-state index in [1.54, 1.807) is 13.8 Å². The predicted octanol–water partition coefficient (Wildman–Crippen LogP) is 1.65. The second-order valence-electron chi connectivity index (χ2n) is 5.65. The van der Waals surface area contributed by atoms with E-state index in [1.807, 2.05) is 0 Å². The van der Waals surface area contributed by atoms with Gasteiger partial charge in [0.25, 0.3) is 5.69 Å². The quantitative estimate of drug-likeness (QED) is 0.634. The lowest BCUT2D eigenvalue weighted by Crippen LogP contribution is -2.50. The lowest BCUT2D eigenvalue weighted by atomic mass is 10.0. The molecule has 1 atom stereocenters. The van der Waals surface area contributed by atoms with Gasteiger partial charge in [-0.05, 0) is 45.7 Å². The fraction of sp³-hybridized carbons (Fsp3) is 0.538. The van der Waals surface area contributed by atoms with Crippen LogP contribution in [0.4, 0.5) is 5.69 Å². The lowest BCUT2D eigenvalue weighted by Gasteiger charge is -2.29. The van der Waals surface area contributed by atoms with E-state index in [1.165, 1.54) is 26.8 Å². The van der Waals surface area contributed by atoms with Crippen molar-refractivity contribution in [3.63, 3.8) is 0 Å². The van der Waals surface area contributed by atoms with Crippen molar-refractivity contribution in [2.24, 2.45) is 0 Å². The second kappa shape index (κ2) is 5.70. The fourth-order valence-corrected chi connectivity index (χ4v) is 3.49. The van der Waals surface area contributed by atoms with Crippen molar-refractivity contribution < 1.29 is 18.4 Å². The van der Waals surface area contributed by atoms with Crippen LogP contribution < -0.4 is 4.72 Å². The van der Waals surface area contributed by atoms with E-state index in [-0.39, 0.29) is 10.6 Å². The Bertz CT molecular complexity index is 665. The smallest absolute Gasteiger partial charge is 0.271 e. The molecule has 1 aromatic rings. The van der Waals surface area contributed by atoms with Crippen molar-refractivity contribution in [1.82, 2.24) is 4.72 Å². The maximum atomic E-state index is 12.5. The van der Waals surface area contributed by atoms with Gasteiger partial charge in [0.05, 0.1) is 21.5 Å². The van der Waals surface area contributed by atoms with Crippen LogP contribution in [-0.4, -0.2) is 30.1 Å². The molecule has 0 bridgehead atoms. The first-order valence-corrected chi connectivity index (χ1v) is 7.84. The predicted molar refractivity (Wildman–Crippen MR) is 78.7 cm³/mol. The Balaban J connectivity index is 3.42. The first-order valence-electron chi connectivity index (χ1n) is 6.36. The summed E-state index contributed by atoms with van der Waals surface area (Å²) in [6.45, 7) is 7.74. The first-order chi connectivity index (χ1) is 9.38. The molecule has 0 aliphatic rings. The molecular weight excluding hydrogens is 296 g/mol. The zero-order chi connectivity index (χ0) is 16.6. The number of sulfonamides is 1. The number of aryl methyl sites for hydroxylation is 1.